The topological polar surface area (TPSA) is 0 Å². The quantitative estimate of drug-likeness (QED) is 0.558. The molecule has 0 saturated carbocycles. The normalized spacial score (nSPS) is 5.20. The fraction of sp³-hybridized carbons (Fsp3) is 0. The summed E-state index contributed by atoms with van der Waals surface area (Å²) in [5.41, 5.74) is 2.44. The number of hydrogen-bond acceptors (Lipinski definition) is 0. The van der Waals surface area contributed by atoms with Crippen LogP contribution in [0.5, 0.6) is 0 Å². The van der Waals surface area contributed by atoms with Crippen LogP contribution >= 0.6 is 46.4 Å². The molecule has 0 aliphatic carbocycles. The average molecular weight is 222 g/mol. The van der Waals surface area contributed by atoms with Crippen molar-refractivity contribution in [3.63, 3.8) is 0 Å². The van der Waals surface area contributed by atoms with E-state index in [-0.39, 0.29) is 4.49 Å². The lowest BCUT2D eigenvalue weighted by Crippen LogP contribution is -1.24. The first-order valence-corrected chi connectivity index (χ1v) is 3.61. The van der Waals surface area contributed by atoms with Crippen molar-refractivity contribution in [1.82, 2.24) is 0 Å². The second-order valence-corrected chi connectivity index (χ2v) is 2.37. The summed E-state index contributed by atoms with van der Waals surface area (Å²) in [5.74, 6) is 0. The third-order valence-corrected chi connectivity index (χ3v) is 0. The van der Waals surface area contributed by atoms with Crippen LogP contribution in [-0.2, 0) is 0 Å². The largest absolute Gasteiger partial charge is 0.0992 e. The zero-order chi connectivity index (χ0) is 8.99. The molecular weight excluding hydrogens is 214 g/mol. The molecule has 0 bridgehead atoms. The van der Waals surface area contributed by atoms with E-state index < -0.39 is 0 Å². The highest BCUT2D eigenvalue weighted by molar-refractivity contribution is 6.55. The Balaban J connectivity index is -0.0000000750. The Morgan fingerprint density at radius 1 is 1.00 bits per heavy atom. The zero-order valence-corrected chi connectivity index (χ0v) is 8.31. The van der Waals surface area contributed by atoms with Crippen molar-refractivity contribution in [2.45, 2.75) is 0 Å². The Bertz CT molecular complexity index is 77.7. The van der Waals surface area contributed by atoms with Crippen LogP contribution in [0.1, 0.15) is 0 Å². The molecule has 0 aromatic rings. The third kappa shape index (κ3) is 3160. The van der Waals surface area contributed by atoms with Crippen LogP contribution in [0.3, 0.4) is 0 Å². The van der Waals surface area contributed by atoms with Gasteiger partial charge >= 0.3 is 0 Å². The van der Waals surface area contributed by atoms with Crippen molar-refractivity contribution in [2.75, 3.05) is 0 Å². The fourth-order valence-corrected chi connectivity index (χ4v) is 0. The van der Waals surface area contributed by atoms with Gasteiger partial charge in [-0.1, -0.05) is 66.1 Å². The van der Waals surface area contributed by atoms with Crippen molar-refractivity contribution in [1.29, 1.82) is 0 Å². The predicted octanol–water partition coefficient (Wildman–Crippen LogP) is 4.67. The Labute approximate surface area is 81.7 Å². The van der Waals surface area contributed by atoms with E-state index >= 15 is 0 Å². The molecule has 0 nitrogen and oxygen atoms in total. The zero-order valence-electron chi connectivity index (χ0n) is 5.29. The van der Waals surface area contributed by atoms with Gasteiger partial charge in [0.1, 0.15) is 0 Å². The highest BCUT2D eigenvalue weighted by Crippen LogP contribution is 1.98. The predicted molar refractivity (Wildman–Crippen MR) is 52.9 cm³/mol. The molecule has 10 heavy (non-hydrogen) atoms. The summed E-state index contributed by atoms with van der Waals surface area (Å²) < 4.78 is 0.111. The van der Waals surface area contributed by atoms with Crippen LogP contribution in [0, 0.1) is 0 Å². The SMILES string of the molecule is C=C(Cl)Cl.C=CCl.C=CCl. The Kier molecular flexibility index (Phi) is 38.2. The van der Waals surface area contributed by atoms with E-state index in [4.69, 9.17) is 46.4 Å². The van der Waals surface area contributed by atoms with Crippen LogP contribution in [0.2, 0.25) is 0 Å². The number of halogens is 4. The van der Waals surface area contributed by atoms with E-state index in [1.54, 1.807) is 0 Å². The highest BCUT2D eigenvalue weighted by Gasteiger charge is 1.60. The summed E-state index contributed by atoms with van der Waals surface area (Å²) in [4.78, 5) is 0. The molecule has 0 saturated heterocycles. The van der Waals surface area contributed by atoms with Crippen molar-refractivity contribution in [3.8, 4) is 0 Å². The Morgan fingerprint density at radius 3 is 1.00 bits per heavy atom. The molecule has 0 unspecified atom stereocenters. The van der Waals surface area contributed by atoms with Gasteiger partial charge in [-0.05, 0) is 11.1 Å². The van der Waals surface area contributed by atoms with E-state index in [0.717, 1.165) is 0 Å². The van der Waals surface area contributed by atoms with Gasteiger partial charge in [0.2, 0.25) is 0 Å². The molecule has 4 heteroatoms. The van der Waals surface area contributed by atoms with Gasteiger partial charge in [-0.3, -0.25) is 0 Å². The molecule has 0 radical (unpaired) electrons. The molecule has 0 spiro atoms. The van der Waals surface area contributed by atoms with Crippen molar-refractivity contribution < 1.29 is 0 Å². The maximum Gasteiger partial charge on any atom is 0.0992 e. The third-order valence-electron chi connectivity index (χ3n) is 0. The molecule has 0 rings (SSSR count). The molecule has 0 aromatic heterocycles. The summed E-state index contributed by atoms with van der Waals surface area (Å²) >= 11 is 19.2. The van der Waals surface area contributed by atoms with E-state index in [2.05, 4.69) is 19.7 Å². The van der Waals surface area contributed by atoms with E-state index in [0.29, 0.717) is 0 Å². The molecule has 0 fully saturated rings. The summed E-state index contributed by atoms with van der Waals surface area (Å²) in [6.07, 6.45) is 0. The summed E-state index contributed by atoms with van der Waals surface area (Å²) in [5, 5.41) is 0. The van der Waals surface area contributed by atoms with Crippen molar-refractivity contribution in [2.24, 2.45) is 0 Å². The van der Waals surface area contributed by atoms with Gasteiger partial charge in [0.25, 0.3) is 0 Å². The molecule has 0 heterocycles. The summed E-state index contributed by atoms with van der Waals surface area (Å²) in [7, 11) is 0. The maximum absolute atomic E-state index is 4.85. The number of hydrogen-bond donors (Lipinski definition) is 0. The molecule has 0 N–H and O–H groups in total. The minimum atomic E-state index is 0.111. The second-order valence-electron chi connectivity index (χ2n) is 0.647. The van der Waals surface area contributed by atoms with Crippen LogP contribution in [-0.4, -0.2) is 0 Å². The average Bonchev–Trinajstić information content (AvgIpc) is 1.65. The lowest BCUT2D eigenvalue weighted by Gasteiger charge is -1.57. The minimum absolute atomic E-state index is 0.111. The minimum Gasteiger partial charge on any atom is -0.0936 e. The van der Waals surface area contributed by atoms with Crippen molar-refractivity contribution in [3.05, 3.63) is 35.3 Å². The van der Waals surface area contributed by atoms with Gasteiger partial charge in [0.15, 0.2) is 0 Å². The first-order valence-electron chi connectivity index (χ1n) is 1.98. The number of rotatable bonds is 0. The van der Waals surface area contributed by atoms with Gasteiger partial charge in [0.05, 0.1) is 4.49 Å². The Hall–Kier alpha value is 0.380. The summed E-state index contributed by atoms with van der Waals surface area (Å²) in [6.45, 7) is 9.34. The van der Waals surface area contributed by atoms with Crippen molar-refractivity contribution >= 4 is 46.4 Å². The lowest BCUT2D eigenvalue weighted by atomic mass is 11.3. The maximum atomic E-state index is 4.85. The monoisotopic (exact) mass is 220 g/mol. The van der Waals surface area contributed by atoms with Crippen LogP contribution in [0.4, 0.5) is 0 Å². The van der Waals surface area contributed by atoms with Crippen LogP contribution in [0.25, 0.3) is 0 Å². The van der Waals surface area contributed by atoms with Gasteiger partial charge < -0.3 is 0 Å². The molecule has 60 valence electrons. The molecule has 0 aromatic carbocycles. The summed E-state index contributed by atoms with van der Waals surface area (Å²) in [6, 6.07) is 0. The molecule has 0 amide bonds. The Morgan fingerprint density at radius 2 is 1.00 bits per heavy atom. The smallest absolute Gasteiger partial charge is 0.0936 e. The first kappa shape index (κ1) is 16.8. The molecule has 0 aliphatic heterocycles. The van der Waals surface area contributed by atoms with Crippen LogP contribution < -0.4 is 0 Å². The molecule has 0 atom stereocenters. The van der Waals surface area contributed by atoms with Gasteiger partial charge in [0, 0.05) is 0 Å². The molecule has 0 aliphatic rings. The van der Waals surface area contributed by atoms with Gasteiger partial charge in [-0.15, -0.1) is 0 Å². The van der Waals surface area contributed by atoms with E-state index in [1.165, 1.54) is 11.1 Å². The second kappa shape index (κ2) is 22.8. The van der Waals surface area contributed by atoms with Gasteiger partial charge in [-0.2, -0.15) is 0 Å². The van der Waals surface area contributed by atoms with E-state index in [9.17, 15) is 0 Å². The van der Waals surface area contributed by atoms with Crippen LogP contribution in [0.15, 0.2) is 35.3 Å². The fourth-order valence-electron chi connectivity index (χ4n) is 0. The standard InChI is InChI=1S/C2H2Cl2.2C2H3Cl/c1-2(3)4;2*1-2-3/h1H2;2*2H,1H2. The first-order chi connectivity index (χ1) is 4.56. The van der Waals surface area contributed by atoms with Gasteiger partial charge in [-0.25, -0.2) is 0 Å². The molecular formula is C6H8Cl4. The lowest BCUT2D eigenvalue weighted by molar-refractivity contribution is 2.45. The highest BCUT2D eigenvalue weighted by atomic mass is 35.5. The van der Waals surface area contributed by atoms with E-state index in [1.807, 2.05) is 0 Å².